The number of rotatable bonds is 7. The average Bonchev–Trinajstić information content (AvgIpc) is 3.14. The summed E-state index contributed by atoms with van der Waals surface area (Å²) in [6.07, 6.45) is 5.30. The lowest BCUT2D eigenvalue weighted by molar-refractivity contribution is 0.0564. The van der Waals surface area contributed by atoms with Crippen LogP contribution in [0, 0.1) is 12.3 Å². The number of ether oxygens (including phenoxy) is 2. The van der Waals surface area contributed by atoms with Gasteiger partial charge in [-0.3, -0.25) is 4.98 Å². The quantitative estimate of drug-likeness (QED) is 0.598. The van der Waals surface area contributed by atoms with Gasteiger partial charge >= 0.3 is 6.55 Å². The van der Waals surface area contributed by atoms with Crippen molar-refractivity contribution in [3.8, 4) is 22.9 Å². The zero-order valence-corrected chi connectivity index (χ0v) is 16.2. The lowest BCUT2D eigenvalue weighted by Gasteiger charge is -2.15. The van der Waals surface area contributed by atoms with E-state index in [1.165, 1.54) is 12.4 Å². The van der Waals surface area contributed by atoms with Gasteiger partial charge in [-0.05, 0) is 25.5 Å². The maximum Gasteiger partial charge on any atom is 0.335 e. The number of halogens is 2. The van der Waals surface area contributed by atoms with E-state index >= 15 is 0 Å². The van der Waals surface area contributed by atoms with E-state index < -0.39 is 6.55 Å². The summed E-state index contributed by atoms with van der Waals surface area (Å²) in [5.74, 6) is 1.66. The third-order valence-corrected chi connectivity index (χ3v) is 5.15. The fraction of sp³-hybridized carbons (Fsp3) is 0.421. The van der Waals surface area contributed by atoms with Crippen LogP contribution in [-0.2, 0) is 0 Å². The Morgan fingerprint density at radius 1 is 1.24 bits per heavy atom. The molecule has 1 aliphatic carbocycles. The van der Waals surface area contributed by atoms with Crippen LogP contribution in [-0.4, -0.2) is 43.7 Å². The summed E-state index contributed by atoms with van der Waals surface area (Å²) in [5.41, 5.74) is 1.27. The van der Waals surface area contributed by atoms with Crippen molar-refractivity contribution in [1.29, 1.82) is 0 Å². The fourth-order valence-corrected chi connectivity index (χ4v) is 3.30. The molecule has 8 nitrogen and oxygen atoms in total. The van der Waals surface area contributed by atoms with Crippen LogP contribution in [0.2, 0.25) is 0 Å². The number of nitrogens with zero attached hydrogens (tertiary/aromatic N) is 6. The summed E-state index contributed by atoms with van der Waals surface area (Å²) in [5, 5.41) is 7.00. The van der Waals surface area contributed by atoms with Crippen molar-refractivity contribution < 1.29 is 18.3 Å². The second-order valence-electron chi connectivity index (χ2n) is 7.30. The van der Waals surface area contributed by atoms with E-state index in [-0.39, 0.29) is 22.9 Å². The molecule has 29 heavy (non-hydrogen) atoms. The summed E-state index contributed by atoms with van der Waals surface area (Å²) in [6.45, 7) is 1.35. The maximum atomic E-state index is 13.2. The Bertz CT molecular complexity index is 1010. The first-order valence-electron chi connectivity index (χ1n) is 9.06. The predicted octanol–water partition coefficient (Wildman–Crippen LogP) is 3.41. The van der Waals surface area contributed by atoms with Crippen LogP contribution in [0.3, 0.4) is 0 Å². The van der Waals surface area contributed by atoms with Crippen LogP contribution in [0.4, 0.5) is 8.78 Å². The van der Waals surface area contributed by atoms with E-state index in [0.29, 0.717) is 28.4 Å². The Morgan fingerprint density at radius 3 is 2.76 bits per heavy atom. The van der Waals surface area contributed by atoms with Crippen LogP contribution < -0.4 is 9.47 Å². The molecular weight excluding hydrogens is 382 g/mol. The Labute approximate surface area is 165 Å². The van der Waals surface area contributed by atoms with Crippen molar-refractivity contribution in [2.45, 2.75) is 32.7 Å². The molecule has 3 aromatic heterocycles. The van der Waals surface area contributed by atoms with Gasteiger partial charge in [-0.25, -0.2) is 4.98 Å². The minimum Gasteiger partial charge on any atom is -0.495 e. The van der Waals surface area contributed by atoms with E-state index in [4.69, 9.17) is 9.47 Å². The highest BCUT2D eigenvalue weighted by Gasteiger charge is 2.52. The first kappa shape index (κ1) is 19.2. The maximum absolute atomic E-state index is 13.2. The molecule has 152 valence electrons. The van der Waals surface area contributed by atoms with Gasteiger partial charge in [0.05, 0.1) is 31.7 Å². The molecule has 0 aliphatic heterocycles. The summed E-state index contributed by atoms with van der Waals surface area (Å²) < 4.78 is 38.0. The Morgan fingerprint density at radius 2 is 2.07 bits per heavy atom. The molecular formula is C19H20F2N6O2. The predicted molar refractivity (Wildman–Crippen MR) is 98.8 cm³/mol. The summed E-state index contributed by atoms with van der Waals surface area (Å²) >= 11 is 0. The van der Waals surface area contributed by atoms with Gasteiger partial charge in [0.1, 0.15) is 17.3 Å². The number of methoxy groups -OCH3 is 1. The van der Waals surface area contributed by atoms with Crippen LogP contribution >= 0.6 is 0 Å². The van der Waals surface area contributed by atoms with Crippen molar-refractivity contribution in [1.82, 2.24) is 29.9 Å². The lowest BCUT2D eigenvalue weighted by atomic mass is 10.1. The molecule has 4 rings (SSSR count). The van der Waals surface area contributed by atoms with Gasteiger partial charge in [0, 0.05) is 23.2 Å². The molecule has 10 heteroatoms. The van der Waals surface area contributed by atoms with E-state index in [9.17, 15) is 8.78 Å². The molecule has 3 aromatic rings. The standard InChI is InChI=1S/C19H20F2N6O2/c1-11-22-8-13(16-9-24-26-27(16)18(20)21)17(25-11)29-10-19(2)6-14(19)15-5-4-12(28-3)7-23-15/h4-5,7-9,14,18H,6,10H2,1-3H3/t14-,19+/m0/s1. The van der Waals surface area contributed by atoms with Gasteiger partial charge < -0.3 is 9.47 Å². The number of hydrogen-bond acceptors (Lipinski definition) is 7. The van der Waals surface area contributed by atoms with Gasteiger partial charge in [-0.1, -0.05) is 12.1 Å². The topological polar surface area (TPSA) is 87.8 Å². The van der Waals surface area contributed by atoms with Gasteiger partial charge in [-0.15, -0.1) is 5.10 Å². The second-order valence-corrected chi connectivity index (χ2v) is 7.30. The minimum absolute atomic E-state index is 0.101. The zero-order chi connectivity index (χ0) is 20.6. The van der Waals surface area contributed by atoms with Crippen LogP contribution in [0.25, 0.3) is 11.3 Å². The largest absolute Gasteiger partial charge is 0.495 e. The summed E-state index contributed by atoms with van der Waals surface area (Å²) in [7, 11) is 1.60. The minimum atomic E-state index is -2.83. The highest BCUT2D eigenvalue weighted by Crippen LogP contribution is 2.58. The van der Waals surface area contributed by atoms with Crippen molar-refractivity contribution in [3.63, 3.8) is 0 Å². The Kier molecular flexibility index (Phi) is 4.85. The van der Waals surface area contributed by atoms with E-state index in [1.807, 2.05) is 12.1 Å². The molecule has 1 fully saturated rings. The van der Waals surface area contributed by atoms with Gasteiger partial charge in [-0.2, -0.15) is 18.4 Å². The smallest absolute Gasteiger partial charge is 0.335 e. The third-order valence-electron chi connectivity index (χ3n) is 5.15. The zero-order valence-electron chi connectivity index (χ0n) is 16.2. The second kappa shape index (κ2) is 7.34. The van der Waals surface area contributed by atoms with Crippen molar-refractivity contribution in [3.05, 3.63) is 42.2 Å². The molecule has 2 atom stereocenters. The number of hydrogen-bond donors (Lipinski definition) is 0. The van der Waals surface area contributed by atoms with Gasteiger partial charge in [0.2, 0.25) is 5.88 Å². The lowest BCUT2D eigenvalue weighted by Crippen LogP contribution is -2.14. The van der Waals surface area contributed by atoms with Crippen LogP contribution in [0.1, 0.15) is 37.3 Å². The Hall–Kier alpha value is -3.17. The molecule has 0 saturated heterocycles. The normalized spacial score (nSPS) is 20.7. The number of pyridine rings is 1. The van der Waals surface area contributed by atoms with Crippen molar-refractivity contribution in [2.75, 3.05) is 13.7 Å². The van der Waals surface area contributed by atoms with Gasteiger partial charge in [0.25, 0.3) is 0 Å². The Balaban J connectivity index is 1.53. The SMILES string of the molecule is COc1ccc([C@@H]2C[C@]2(C)COc2nc(C)ncc2-c2cnnn2C(F)F)nc1. The molecule has 0 aromatic carbocycles. The molecule has 3 heterocycles. The molecule has 0 N–H and O–H groups in total. The van der Waals surface area contributed by atoms with E-state index in [2.05, 4.69) is 32.2 Å². The van der Waals surface area contributed by atoms with Crippen LogP contribution in [0.15, 0.2) is 30.7 Å². The van der Waals surface area contributed by atoms with Gasteiger partial charge in [0.15, 0.2) is 0 Å². The molecule has 1 saturated carbocycles. The monoisotopic (exact) mass is 402 g/mol. The van der Waals surface area contributed by atoms with E-state index in [0.717, 1.165) is 12.1 Å². The average molecular weight is 402 g/mol. The first-order chi connectivity index (χ1) is 13.9. The number of aromatic nitrogens is 6. The van der Waals surface area contributed by atoms with Crippen molar-refractivity contribution >= 4 is 0 Å². The third kappa shape index (κ3) is 3.74. The number of aryl methyl sites for hydroxylation is 1. The molecule has 0 radical (unpaired) electrons. The molecule has 0 spiro atoms. The first-order valence-corrected chi connectivity index (χ1v) is 9.06. The summed E-state index contributed by atoms with van der Waals surface area (Å²) in [4.78, 5) is 12.9. The van der Waals surface area contributed by atoms with Crippen molar-refractivity contribution in [2.24, 2.45) is 5.41 Å². The fourth-order valence-electron chi connectivity index (χ4n) is 3.30. The molecule has 1 aliphatic rings. The van der Waals surface area contributed by atoms with E-state index in [1.54, 1.807) is 20.2 Å². The highest BCUT2D eigenvalue weighted by molar-refractivity contribution is 5.63. The molecule has 0 unspecified atom stereocenters. The number of alkyl halides is 2. The molecule has 0 amide bonds. The van der Waals surface area contributed by atoms with Crippen LogP contribution in [0.5, 0.6) is 11.6 Å². The molecule has 0 bridgehead atoms. The highest BCUT2D eigenvalue weighted by atomic mass is 19.3. The summed E-state index contributed by atoms with van der Waals surface area (Å²) in [6, 6.07) is 3.83.